The Morgan fingerprint density at radius 2 is 1.70 bits per heavy atom. The summed E-state index contributed by atoms with van der Waals surface area (Å²) in [6.07, 6.45) is 0.779. The zero-order valence-corrected chi connectivity index (χ0v) is 18.7. The van der Waals surface area contributed by atoms with Crippen LogP contribution in [-0.2, 0) is 16.6 Å². The van der Waals surface area contributed by atoms with Gasteiger partial charge in [-0.05, 0) is 54.1 Å². The van der Waals surface area contributed by atoms with Crippen molar-refractivity contribution in [1.29, 1.82) is 0 Å². The van der Waals surface area contributed by atoms with Crippen molar-refractivity contribution in [3.63, 3.8) is 0 Å². The number of nitrogens with zero attached hydrogens (tertiary/aromatic N) is 1. The van der Waals surface area contributed by atoms with Crippen molar-refractivity contribution in [3.8, 4) is 11.5 Å². The number of rotatable bonds is 7. The zero-order chi connectivity index (χ0) is 23.4. The van der Waals surface area contributed by atoms with E-state index < -0.39 is 15.8 Å². The summed E-state index contributed by atoms with van der Waals surface area (Å²) in [4.78, 5) is 12.6. The normalized spacial score (nSPS) is 15.0. The van der Waals surface area contributed by atoms with E-state index in [4.69, 9.17) is 9.47 Å². The highest BCUT2D eigenvalue weighted by Gasteiger charge is 2.22. The lowest BCUT2D eigenvalue weighted by molar-refractivity contribution is 0.0789. The van der Waals surface area contributed by atoms with E-state index in [1.807, 2.05) is 24.3 Å². The van der Waals surface area contributed by atoms with Gasteiger partial charge in [0.2, 0.25) is 10.0 Å². The number of fused-ring (bicyclic) bond motifs is 1. The molecule has 0 bridgehead atoms. The predicted octanol–water partition coefficient (Wildman–Crippen LogP) is 3.36. The average molecular weight is 471 g/mol. The van der Waals surface area contributed by atoms with Gasteiger partial charge in [0.25, 0.3) is 5.91 Å². The maximum atomic E-state index is 13.2. The van der Waals surface area contributed by atoms with Crippen LogP contribution < -0.4 is 19.1 Å². The molecule has 4 rings (SSSR count). The molecule has 3 aromatic rings. The summed E-state index contributed by atoms with van der Waals surface area (Å²) in [5, 5.41) is 2.81. The van der Waals surface area contributed by atoms with E-state index >= 15 is 0 Å². The molecule has 0 radical (unpaired) electrons. The lowest BCUT2D eigenvalue weighted by Gasteiger charge is -2.26. The van der Waals surface area contributed by atoms with Gasteiger partial charge in [0.05, 0.1) is 25.0 Å². The van der Waals surface area contributed by atoms with E-state index in [2.05, 4.69) is 5.32 Å². The van der Waals surface area contributed by atoms with Crippen LogP contribution in [0, 0.1) is 5.82 Å². The summed E-state index contributed by atoms with van der Waals surface area (Å²) in [5.74, 6) is 0.601. The van der Waals surface area contributed by atoms with Crippen molar-refractivity contribution in [2.75, 3.05) is 23.7 Å². The molecule has 1 heterocycles. The third kappa shape index (κ3) is 5.61. The Kier molecular flexibility index (Phi) is 6.50. The quantitative estimate of drug-likeness (QED) is 0.573. The van der Waals surface area contributed by atoms with Crippen molar-refractivity contribution in [2.24, 2.45) is 0 Å². The number of carbonyl (C=O) groups excluding carboxylic acids is 1. The molecule has 1 N–H and O–H groups in total. The first kappa shape index (κ1) is 22.6. The van der Waals surface area contributed by atoms with Crippen LogP contribution in [-0.4, -0.2) is 39.8 Å². The summed E-state index contributed by atoms with van der Waals surface area (Å²) < 4.78 is 50.5. The van der Waals surface area contributed by atoms with Crippen molar-refractivity contribution in [1.82, 2.24) is 5.32 Å². The second kappa shape index (κ2) is 9.50. The fourth-order valence-corrected chi connectivity index (χ4v) is 4.30. The number of benzene rings is 3. The SMILES string of the molecule is CS(=O)(=O)N(Cc1ccc(F)cc1)c1ccc(C(=O)NC[C@H]2COc3ccccc3O2)cc1. The molecule has 3 aromatic carbocycles. The summed E-state index contributed by atoms with van der Waals surface area (Å²) >= 11 is 0. The number of carbonyl (C=O) groups is 1. The van der Waals surface area contributed by atoms with Crippen molar-refractivity contribution < 1.29 is 27.1 Å². The van der Waals surface area contributed by atoms with Gasteiger partial charge in [0, 0.05) is 5.56 Å². The summed E-state index contributed by atoms with van der Waals surface area (Å²) in [7, 11) is -3.60. The zero-order valence-electron chi connectivity index (χ0n) is 17.9. The van der Waals surface area contributed by atoms with Gasteiger partial charge in [-0.3, -0.25) is 9.10 Å². The van der Waals surface area contributed by atoms with Gasteiger partial charge in [-0.25, -0.2) is 12.8 Å². The van der Waals surface area contributed by atoms with E-state index in [-0.39, 0.29) is 25.1 Å². The minimum Gasteiger partial charge on any atom is -0.486 e. The first-order chi connectivity index (χ1) is 15.8. The number of nitrogens with one attached hydrogen (secondary N) is 1. The molecule has 0 aromatic heterocycles. The van der Waals surface area contributed by atoms with Crippen LogP contribution in [0.5, 0.6) is 11.5 Å². The van der Waals surface area contributed by atoms with Crippen LogP contribution in [0.1, 0.15) is 15.9 Å². The van der Waals surface area contributed by atoms with Crippen molar-refractivity contribution in [2.45, 2.75) is 12.6 Å². The van der Waals surface area contributed by atoms with Crippen LogP contribution >= 0.6 is 0 Å². The Labute approximate surface area is 191 Å². The average Bonchev–Trinajstić information content (AvgIpc) is 2.81. The topological polar surface area (TPSA) is 84.9 Å². The molecule has 0 saturated carbocycles. The number of para-hydroxylation sites is 2. The van der Waals surface area contributed by atoms with Crippen LogP contribution in [0.25, 0.3) is 0 Å². The smallest absolute Gasteiger partial charge is 0.251 e. The van der Waals surface area contributed by atoms with E-state index in [0.717, 1.165) is 6.26 Å². The van der Waals surface area contributed by atoms with Crippen molar-refractivity contribution >= 4 is 21.6 Å². The van der Waals surface area contributed by atoms with E-state index in [9.17, 15) is 17.6 Å². The van der Waals surface area contributed by atoms with E-state index in [1.54, 1.807) is 24.3 Å². The first-order valence-electron chi connectivity index (χ1n) is 10.3. The number of anilines is 1. The third-order valence-electron chi connectivity index (χ3n) is 5.12. The number of ether oxygens (including phenoxy) is 2. The fourth-order valence-electron chi connectivity index (χ4n) is 3.41. The largest absolute Gasteiger partial charge is 0.486 e. The molecule has 0 spiro atoms. The highest BCUT2D eigenvalue weighted by molar-refractivity contribution is 7.92. The number of sulfonamides is 1. The molecule has 1 aliphatic heterocycles. The maximum absolute atomic E-state index is 13.2. The lowest BCUT2D eigenvalue weighted by Crippen LogP contribution is -2.40. The molecule has 1 aliphatic rings. The molecule has 0 unspecified atom stereocenters. The number of amides is 1. The van der Waals surface area contributed by atoms with Crippen LogP contribution in [0.3, 0.4) is 0 Å². The molecule has 1 amide bonds. The van der Waals surface area contributed by atoms with Crippen LogP contribution in [0.15, 0.2) is 72.8 Å². The Hall–Kier alpha value is -3.59. The standard InChI is InChI=1S/C24H23FN2O5S/c1-33(29,30)27(15-17-6-10-19(25)11-7-17)20-12-8-18(9-13-20)24(28)26-14-21-16-31-22-4-2-3-5-23(22)32-21/h2-13,21H,14-16H2,1H3,(H,26,28)/t21-/m0/s1. The molecule has 0 fully saturated rings. The molecule has 172 valence electrons. The number of hydrogen-bond donors (Lipinski definition) is 1. The summed E-state index contributed by atoms with van der Waals surface area (Å²) in [6, 6.07) is 19.2. The Bertz CT molecular complexity index is 1230. The molecular formula is C24H23FN2O5S. The molecule has 33 heavy (non-hydrogen) atoms. The van der Waals surface area contributed by atoms with E-state index in [0.29, 0.717) is 34.9 Å². The Morgan fingerprint density at radius 3 is 2.36 bits per heavy atom. The highest BCUT2D eigenvalue weighted by atomic mass is 32.2. The van der Waals surface area contributed by atoms with Gasteiger partial charge in [0.1, 0.15) is 18.5 Å². The Morgan fingerprint density at radius 1 is 1.03 bits per heavy atom. The monoisotopic (exact) mass is 470 g/mol. The number of halogens is 1. The molecule has 1 atom stereocenters. The molecule has 0 aliphatic carbocycles. The third-order valence-corrected chi connectivity index (χ3v) is 6.26. The van der Waals surface area contributed by atoms with Gasteiger partial charge in [-0.15, -0.1) is 0 Å². The first-order valence-corrected chi connectivity index (χ1v) is 12.1. The van der Waals surface area contributed by atoms with Crippen LogP contribution in [0.2, 0.25) is 0 Å². The van der Waals surface area contributed by atoms with Crippen molar-refractivity contribution in [3.05, 3.63) is 89.7 Å². The second-order valence-electron chi connectivity index (χ2n) is 7.65. The van der Waals surface area contributed by atoms with Crippen LogP contribution in [0.4, 0.5) is 10.1 Å². The van der Waals surface area contributed by atoms with Gasteiger partial charge >= 0.3 is 0 Å². The summed E-state index contributed by atoms with van der Waals surface area (Å²) in [6.45, 7) is 0.628. The summed E-state index contributed by atoms with van der Waals surface area (Å²) in [5.41, 5.74) is 1.42. The molecular weight excluding hydrogens is 447 g/mol. The van der Waals surface area contributed by atoms with Gasteiger partial charge < -0.3 is 14.8 Å². The second-order valence-corrected chi connectivity index (χ2v) is 9.56. The molecule has 7 nitrogen and oxygen atoms in total. The minimum absolute atomic E-state index is 0.0468. The highest BCUT2D eigenvalue weighted by Crippen LogP contribution is 2.30. The van der Waals surface area contributed by atoms with Gasteiger partial charge in [-0.1, -0.05) is 24.3 Å². The Balaban J connectivity index is 1.40. The lowest BCUT2D eigenvalue weighted by atomic mass is 10.1. The van der Waals surface area contributed by atoms with Gasteiger partial charge in [-0.2, -0.15) is 0 Å². The molecule has 0 saturated heterocycles. The van der Waals surface area contributed by atoms with Gasteiger partial charge in [0.15, 0.2) is 11.5 Å². The maximum Gasteiger partial charge on any atom is 0.251 e. The van der Waals surface area contributed by atoms with E-state index in [1.165, 1.54) is 28.6 Å². The number of hydrogen-bond acceptors (Lipinski definition) is 5. The molecule has 9 heteroatoms. The predicted molar refractivity (Wildman–Crippen MR) is 123 cm³/mol. The fraction of sp³-hybridized carbons (Fsp3) is 0.208. The minimum atomic E-state index is -3.60.